The molecule has 0 unspecified atom stereocenters. The van der Waals surface area contributed by atoms with Gasteiger partial charge in [-0.1, -0.05) is 18.2 Å². The van der Waals surface area contributed by atoms with E-state index < -0.39 is 11.8 Å². The first-order valence-electron chi connectivity index (χ1n) is 8.84. The van der Waals surface area contributed by atoms with E-state index in [1.165, 1.54) is 0 Å². The molecule has 4 rings (SSSR count). The lowest BCUT2D eigenvalue weighted by Crippen LogP contribution is -2.37. The van der Waals surface area contributed by atoms with Gasteiger partial charge >= 0.3 is 0 Å². The fourth-order valence-corrected chi connectivity index (χ4v) is 3.66. The summed E-state index contributed by atoms with van der Waals surface area (Å²) in [4.78, 5) is 28.4. The monoisotopic (exact) mass is 497 g/mol. The summed E-state index contributed by atoms with van der Waals surface area (Å²) in [5.41, 5.74) is 3.86. The van der Waals surface area contributed by atoms with Crippen molar-refractivity contribution in [2.75, 3.05) is 0 Å². The number of aromatic nitrogens is 1. The number of nitrogens with zero attached hydrogens (tertiary/aromatic N) is 1. The maximum atomic E-state index is 12.3. The molecule has 0 aliphatic carbocycles. The molecule has 0 spiro atoms. The molecule has 0 saturated carbocycles. The summed E-state index contributed by atoms with van der Waals surface area (Å²) in [6, 6.07) is 14.5. The zero-order valence-corrected chi connectivity index (χ0v) is 17.3. The van der Waals surface area contributed by atoms with Crippen LogP contribution in [0.25, 0.3) is 16.7 Å². The number of halogens is 1. The van der Waals surface area contributed by atoms with E-state index in [-0.39, 0.29) is 5.75 Å². The van der Waals surface area contributed by atoms with Crippen molar-refractivity contribution in [2.45, 2.75) is 6.54 Å². The minimum Gasteiger partial charge on any atom is -0.507 e. The Bertz CT molecular complexity index is 1140. The normalized spacial score (nSPS) is 14.4. The molecule has 1 aromatic heterocycles. The van der Waals surface area contributed by atoms with Gasteiger partial charge in [0.2, 0.25) is 0 Å². The number of carbonyl (C=O) groups is 2. The molecule has 0 bridgehead atoms. The van der Waals surface area contributed by atoms with Crippen LogP contribution in [0.5, 0.6) is 5.75 Å². The molecule has 0 atom stereocenters. The van der Waals surface area contributed by atoms with Crippen molar-refractivity contribution in [3.05, 3.63) is 87.4 Å². The Kier molecular flexibility index (Phi) is 5.30. The van der Waals surface area contributed by atoms with Crippen molar-refractivity contribution in [2.24, 2.45) is 0 Å². The van der Waals surface area contributed by atoms with Crippen molar-refractivity contribution in [3.8, 4) is 16.9 Å². The van der Waals surface area contributed by atoms with E-state index >= 15 is 0 Å². The quantitative estimate of drug-likeness (QED) is 0.292. The fraction of sp³-hybridized carbons (Fsp3) is 0.0455. The number of aromatic hydroxyl groups is 1. The van der Waals surface area contributed by atoms with Gasteiger partial charge in [0.25, 0.3) is 11.8 Å². The van der Waals surface area contributed by atoms with Crippen molar-refractivity contribution < 1.29 is 14.7 Å². The summed E-state index contributed by atoms with van der Waals surface area (Å²) >= 11 is 2.15. The number of pyridine rings is 1. The summed E-state index contributed by atoms with van der Waals surface area (Å²) in [7, 11) is 0. The predicted molar refractivity (Wildman–Crippen MR) is 118 cm³/mol. The third-order valence-electron chi connectivity index (χ3n) is 4.58. The molecule has 0 saturated heterocycles. The molecule has 3 aromatic rings. The van der Waals surface area contributed by atoms with E-state index in [1.807, 2.05) is 36.4 Å². The van der Waals surface area contributed by atoms with Crippen LogP contribution < -0.4 is 10.6 Å². The molecule has 2 aromatic carbocycles. The molecule has 7 heteroatoms. The Labute approximate surface area is 180 Å². The number of hydrogen-bond acceptors (Lipinski definition) is 5. The summed E-state index contributed by atoms with van der Waals surface area (Å²) in [5, 5.41) is 15.8. The summed E-state index contributed by atoms with van der Waals surface area (Å²) in [6.45, 7) is 0.408. The van der Waals surface area contributed by atoms with Gasteiger partial charge in [0.15, 0.2) is 0 Å². The zero-order valence-electron chi connectivity index (χ0n) is 15.1. The molecule has 2 heterocycles. The number of rotatable bonds is 4. The standard InChI is InChI=1S/C22H16IN3O3/c23-15-4-6-17-18(9-15)19(22(29)26-21(17)28)12-25-10-13-3-5-16(20(27)8-13)14-2-1-7-24-11-14/h1-9,11-12,25,27H,10H2,(H,26,28,29)/b19-12+. The Balaban J connectivity index is 1.54. The van der Waals surface area contributed by atoms with Gasteiger partial charge in [-0.05, 0) is 58.5 Å². The SMILES string of the molecule is O=C1NC(=O)c2ccc(I)cc2/C1=C\NCc1ccc(-c2cccnc2)c(O)c1. The number of phenolic OH excluding ortho intramolecular Hbond substituents is 1. The number of imide groups is 1. The van der Waals surface area contributed by atoms with Crippen LogP contribution in [0.2, 0.25) is 0 Å². The number of amides is 2. The van der Waals surface area contributed by atoms with Gasteiger partial charge in [-0.3, -0.25) is 19.9 Å². The molecular formula is C22H16IN3O3. The van der Waals surface area contributed by atoms with Crippen LogP contribution in [0, 0.1) is 3.57 Å². The number of phenols is 1. The molecule has 144 valence electrons. The topological polar surface area (TPSA) is 91.3 Å². The van der Waals surface area contributed by atoms with Crippen LogP contribution in [0.3, 0.4) is 0 Å². The van der Waals surface area contributed by atoms with E-state index in [0.717, 1.165) is 14.7 Å². The van der Waals surface area contributed by atoms with Gasteiger partial charge in [0.05, 0.1) is 5.57 Å². The van der Waals surface area contributed by atoms with Gasteiger partial charge < -0.3 is 10.4 Å². The van der Waals surface area contributed by atoms with Crippen LogP contribution in [-0.4, -0.2) is 21.9 Å². The Morgan fingerprint density at radius 2 is 1.86 bits per heavy atom. The summed E-state index contributed by atoms with van der Waals surface area (Å²) in [5.74, 6) is -0.674. The highest BCUT2D eigenvalue weighted by Gasteiger charge is 2.27. The Morgan fingerprint density at radius 1 is 1.03 bits per heavy atom. The lowest BCUT2D eigenvalue weighted by Gasteiger charge is -2.18. The van der Waals surface area contributed by atoms with Gasteiger partial charge in [-0.15, -0.1) is 0 Å². The van der Waals surface area contributed by atoms with Crippen LogP contribution >= 0.6 is 22.6 Å². The molecule has 29 heavy (non-hydrogen) atoms. The average molecular weight is 497 g/mol. The molecule has 0 fully saturated rings. The molecule has 0 radical (unpaired) electrons. The largest absolute Gasteiger partial charge is 0.507 e. The number of nitrogens with one attached hydrogen (secondary N) is 2. The highest BCUT2D eigenvalue weighted by molar-refractivity contribution is 14.1. The second-order valence-corrected chi connectivity index (χ2v) is 7.75. The molecular weight excluding hydrogens is 481 g/mol. The van der Waals surface area contributed by atoms with Crippen LogP contribution in [0.4, 0.5) is 0 Å². The third kappa shape index (κ3) is 4.00. The lowest BCUT2D eigenvalue weighted by atomic mass is 9.95. The van der Waals surface area contributed by atoms with Crippen LogP contribution in [-0.2, 0) is 11.3 Å². The summed E-state index contributed by atoms with van der Waals surface area (Å²) in [6.07, 6.45) is 4.97. The molecule has 1 aliphatic heterocycles. The number of hydrogen-bond donors (Lipinski definition) is 3. The molecule has 2 amide bonds. The van der Waals surface area contributed by atoms with Crippen LogP contribution in [0.15, 0.2) is 67.1 Å². The van der Waals surface area contributed by atoms with Crippen molar-refractivity contribution in [1.29, 1.82) is 0 Å². The first kappa shape index (κ1) is 19.1. The smallest absolute Gasteiger partial charge is 0.260 e. The minimum atomic E-state index is -0.438. The maximum Gasteiger partial charge on any atom is 0.260 e. The highest BCUT2D eigenvalue weighted by Crippen LogP contribution is 2.29. The van der Waals surface area contributed by atoms with E-state index in [9.17, 15) is 14.7 Å². The zero-order chi connectivity index (χ0) is 20.4. The van der Waals surface area contributed by atoms with E-state index in [2.05, 4.69) is 38.2 Å². The minimum absolute atomic E-state index is 0.158. The highest BCUT2D eigenvalue weighted by atomic mass is 127. The summed E-state index contributed by atoms with van der Waals surface area (Å²) < 4.78 is 0.936. The first-order valence-corrected chi connectivity index (χ1v) is 9.92. The van der Waals surface area contributed by atoms with Crippen molar-refractivity contribution in [3.63, 3.8) is 0 Å². The number of benzene rings is 2. The molecule has 6 nitrogen and oxygen atoms in total. The van der Waals surface area contributed by atoms with Crippen molar-refractivity contribution in [1.82, 2.24) is 15.6 Å². The Morgan fingerprint density at radius 3 is 2.62 bits per heavy atom. The molecule has 1 aliphatic rings. The maximum absolute atomic E-state index is 12.3. The van der Waals surface area contributed by atoms with Gasteiger partial charge in [-0.2, -0.15) is 0 Å². The second kappa shape index (κ2) is 8.04. The second-order valence-electron chi connectivity index (χ2n) is 6.51. The average Bonchev–Trinajstić information content (AvgIpc) is 2.71. The van der Waals surface area contributed by atoms with Crippen molar-refractivity contribution >= 4 is 40.0 Å². The van der Waals surface area contributed by atoms with E-state index in [1.54, 1.807) is 30.7 Å². The van der Waals surface area contributed by atoms with Crippen LogP contribution in [0.1, 0.15) is 21.5 Å². The molecule has 3 N–H and O–H groups in total. The first-order chi connectivity index (χ1) is 14.0. The third-order valence-corrected chi connectivity index (χ3v) is 5.25. The number of carbonyl (C=O) groups excluding carboxylic acids is 2. The lowest BCUT2D eigenvalue weighted by molar-refractivity contribution is -0.114. The van der Waals surface area contributed by atoms with Gasteiger partial charge in [0, 0.05) is 51.0 Å². The van der Waals surface area contributed by atoms with E-state index in [4.69, 9.17) is 0 Å². The number of fused-ring (bicyclic) bond motifs is 1. The predicted octanol–water partition coefficient (Wildman–Crippen LogP) is 3.46. The Hall–Kier alpha value is -3.20. The van der Waals surface area contributed by atoms with Gasteiger partial charge in [-0.25, -0.2) is 0 Å². The van der Waals surface area contributed by atoms with Gasteiger partial charge in [0.1, 0.15) is 5.75 Å². The fourth-order valence-electron chi connectivity index (χ4n) is 3.17. The van der Waals surface area contributed by atoms with E-state index in [0.29, 0.717) is 28.8 Å².